The van der Waals surface area contributed by atoms with E-state index in [2.05, 4.69) is 5.32 Å². The van der Waals surface area contributed by atoms with E-state index in [9.17, 15) is 9.50 Å². The first-order chi connectivity index (χ1) is 9.22. The molecule has 3 heteroatoms. The Morgan fingerprint density at radius 2 is 1.95 bits per heavy atom. The Morgan fingerprint density at radius 1 is 1.21 bits per heavy atom. The molecule has 2 nitrogen and oxygen atoms in total. The van der Waals surface area contributed by atoms with Gasteiger partial charge in [-0.15, -0.1) is 0 Å². The molecule has 2 fully saturated rings. The molecule has 104 valence electrons. The van der Waals surface area contributed by atoms with Crippen molar-refractivity contribution in [3.8, 4) is 0 Å². The molecular formula is C16H22FNO. The van der Waals surface area contributed by atoms with Gasteiger partial charge in [-0.2, -0.15) is 0 Å². The molecule has 2 atom stereocenters. The average molecular weight is 263 g/mol. The minimum Gasteiger partial charge on any atom is -0.396 e. The first-order valence-electron chi connectivity index (χ1n) is 7.32. The van der Waals surface area contributed by atoms with Crippen LogP contribution in [0.2, 0.25) is 0 Å². The molecule has 0 aliphatic heterocycles. The van der Waals surface area contributed by atoms with E-state index in [4.69, 9.17) is 0 Å². The Bertz CT molecular complexity index is 427. The minimum atomic E-state index is -0.163. The van der Waals surface area contributed by atoms with Crippen LogP contribution in [0.5, 0.6) is 0 Å². The van der Waals surface area contributed by atoms with E-state index in [0.29, 0.717) is 18.6 Å². The van der Waals surface area contributed by atoms with Crippen LogP contribution in [0, 0.1) is 11.2 Å². The van der Waals surface area contributed by atoms with E-state index >= 15 is 0 Å². The van der Waals surface area contributed by atoms with Crippen molar-refractivity contribution in [2.45, 2.75) is 44.1 Å². The molecule has 2 N–H and O–H groups in total. The first kappa shape index (κ1) is 13.1. The predicted molar refractivity (Wildman–Crippen MR) is 73.5 cm³/mol. The molecule has 0 heterocycles. The molecule has 19 heavy (non-hydrogen) atoms. The third-order valence-electron chi connectivity index (χ3n) is 4.85. The summed E-state index contributed by atoms with van der Waals surface area (Å²) in [5.74, 6) is 0.332. The summed E-state index contributed by atoms with van der Waals surface area (Å²) in [7, 11) is 0. The maximum atomic E-state index is 13.0. The number of hydrogen-bond donors (Lipinski definition) is 2. The van der Waals surface area contributed by atoms with Crippen LogP contribution in [-0.2, 0) is 0 Å². The lowest BCUT2D eigenvalue weighted by atomic mass is 9.93. The Kier molecular flexibility index (Phi) is 3.59. The summed E-state index contributed by atoms with van der Waals surface area (Å²) in [5, 5.41) is 13.0. The van der Waals surface area contributed by atoms with Crippen molar-refractivity contribution in [1.82, 2.24) is 5.32 Å². The average Bonchev–Trinajstić information content (AvgIpc) is 3.07. The van der Waals surface area contributed by atoms with E-state index in [0.717, 1.165) is 19.4 Å². The monoisotopic (exact) mass is 263 g/mol. The van der Waals surface area contributed by atoms with Crippen molar-refractivity contribution in [2.24, 2.45) is 5.41 Å². The largest absolute Gasteiger partial charge is 0.396 e. The van der Waals surface area contributed by atoms with Gasteiger partial charge in [-0.1, -0.05) is 18.6 Å². The number of benzene rings is 1. The summed E-state index contributed by atoms with van der Waals surface area (Å²) < 4.78 is 13.0. The van der Waals surface area contributed by atoms with Crippen molar-refractivity contribution in [3.05, 3.63) is 35.6 Å². The molecule has 2 aliphatic rings. The number of hydrogen-bond acceptors (Lipinski definition) is 2. The summed E-state index contributed by atoms with van der Waals surface area (Å²) in [6, 6.07) is 7.42. The zero-order chi connectivity index (χ0) is 13.3. The molecule has 0 bridgehead atoms. The highest BCUT2D eigenvalue weighted by Crippen LogP contribution is 2.45. The summed E-state index contributed by atoms with van der Waals surface area (Å²) in [4.78, 5) is 0. The van der Waals surface area contributed by atoms with Crippen LogP contribution in [0.1, 0.15) is 43.6 Å². The predicted octanol–water partition coefficient (Wildman–Crippen LogP) is 2.82. The Morgan fingerprint density at radius 3 is 2.58 bits per heavy atom. The van der Waals surface area contributed by atoms with Gasteiger partial charge in [-0.3, -0.25) is 0 Å². The van der Waals surface area contributed by atoms with Crippen molar-refractivity contribution < 1.29 is 9.50 Å². The third-order valence-corrected chi connectivity index (χ3v) is 4.85. The molecule has 1 aromatic rings. The summed E-state index contributed by atoms with van der Waals surface area (Å²) >= 11 is 0. The molecule has 0 amide bonds. The molecule has 2 unspecified atom stereocenters. The molecular weight excluding hydrogens is 241 g/mol. The van der Waals surface area contributed by atoms with Crippen molar-refractivity contribution in [1.29, 1.82) is 0 Å². The van der Waals surface area contributed by atoms with E-state index in [-0.39, 0.29) is 11.2 Å². The van der Waals surface area contributed by atoms with Gasteiger partial charge in [0.05, 0.1) is 0 Å². The number of halogens is 1. The van der Waals surface area contributed by atoms with Gasteiger partial charge in [0.1, 0.15) is 5.82 Å². The summed E-state index contributed by atoms with van der Waals surface area (Å²) in [6.07, 6.45) is 5.87. The Hall–Kier alpha value is -0.930. The molecule has 1 aromatic carbocycles. The SMILES string of the molecule is OCC1(CNC2CCCC2c2ccc(F)cc2)CC1. The molecule has 0 radical (unpaired) electrons. The lowest BCUT2D eigenvalue weighted by Crippen LogP contribution is -2.36. The van der Waals surface area contributed by atoms with Crippen LogP contribution in [0.25, 0.3) is 0 Å². The van der Waals surface area contributed by atoms with Crippen molar-refractivity contribution in [2.75, 3.05) is 13.2 Å². The van der Waals surface area contributed by atoms with Crippen LogP contribution >= 0.6 is 0 Å². The van der Waals surface area contributed by atoms with Gasteiger partial charge in [0, 0.05) is 24.6 Å². The van der Waals surface area contributed by atoms with E-state index in [1.165, 1.54) is 24.8 Å². The van der Waals surface area contributed by atoms with Crippen LogP contribution in [0.4, 0.5) is 4.39 Å². The summed E-state index contributed by atoms with van der Waals surface area (Å²) in [6.45, 7) is 1.22. The molecule has 0 aromatic heterocycles. The fourth-order valence-electron chi connectivity index (χ4n) is 3.23. The second kappa shape index (κ2) is 5.22. The Labute approximate surface area is 114 Å². The van der Waals surface area contributed by atoms with Gasteiger partial charge in [0.15, 0.2) is 0 Å². The lowest BCUT2D eigenvalue weighted by Gasteiger charge is -2.24. The normalized spacial score (nSPS) is 28.5. The quantitative estimate of drug-likeness (QED) is 0.856. The lowest BCUT2D eigenvalue weighted by molar-refractivity contribution is 0.203. The van der Waals surface area contributed by atoms with Crippen molar-refractivity contribution in [3.63, 3.8) is 0 Å². The van der Waals surface area contributed by atoms with Crippen LogP contribution in [-0.4, -0.2) is 24.3 Å². The standard InChI is InChI=1S/C16H22FNO/c17-13-6-4-12(5-7-13)14-2-1-3-15(14)18-10-16(11-19)8-9-16/h4-7,14-15,18-19H,1-3,8-11H2. The van der Waals surface area contributed by atoms with E-state index in [1.807, 2.05) is 12.1 Å². The molecule has 2 aliphatic carbocycles. The Balaban J connectivity index is 1.63. The van der Waals surface area contributed by atoms with Gasteiger partial charge in [0.25, 0.3) is 0 Å². The second-order valence-electron chi connectivity index (χ2n) is 6.23. The second-order valence-corrected chi connectivity index (χ2v) is 6.23. The van der Waals surface area contributed by atoms with E-state index < -0.39 is 0 Å². The fourth-order valence-corrected chi connectivity index (χ4v) is 3.23. The highest BCUT2D eigenvalue weighted by atomic mass is 19.1. The fraction of sp³-hybridized carbons (Fsp3) is 0.625. The smallest absolute Gasteiger partial charge is 0.123 e. The van der Waals surface area contributed by atoms with Crippen molar-refractivity contribution >= 4 is 0 Å². The third kappa shape index (κ3) is 2.82. The van der Waals surface area contributed by atoms with Crippen LogP contribution in [0.15, 0.2) is 24.3 Å². The van der Waals surface area contributed by atoms with Crippen LogP contribution < -0.4 is 5.32 Å². The van der Waals surface area contributed by atoms with Gasteiger partial charge < -0.3 is 10.4 Å². The number of aliphatic hydroxyl groups excluding tert-OH is 1. The van der Waals surface area contributed by atoms with Crippen LogP contribution in [0.3, 0.4) is 0 Å². The zero-order valence-corrected chi connectivity index (χ0v) is 11.2. The molecule has 3 rings (SSSR count). The maximum absolute atomic E-state index is 13.0. The topological polar surface area (TPSA) is 32.3 Å². The highest BCUT2D eigenvalue weighted by molar-refractivity contribution is 5.23. The van der Waals surface area contributed by atoms with Gasteiger partial charge in [0.2, 0.25) is 0 Å². The van der Waals surface area contributed by atoms with Gasteiger partial charge >= 0.3 is 0 Å². The van der Waals surface area contributed by atoms with Gasteiger partial charge in [-0.25, -0.2) is 4.39 Å². The molecule has 2 saturated carbocycles. The first-order valence-corrected chi connectivity index (χ1v) is 7.32. The molecule has 0 saturated heterocycles. The highest BCUT2D eigenvalue weighted by Gasteiger charge is 2.42. The maximum Gasteiger partial charge on any atom is 0.123 e. The summed E-state index contributed by atoms with van der Waals surface area (Å²) in [5.41, 5.74) is 1.40. The molecule has 0 spiro atoms. The number of nitrogens with one attached hydrogen (secondary N) is 1. The van der Waals surface area contributed by atoms with E-state index in [1.54, 1.807) is 12.1 Å². The zero-order valence-electron chi connectivity index (χ0n) is 11.2. The number of rotatable bonds is 5. The number of aliphatic hydroxyl groups is 1. The minimum absolute atomic E-state index is 0.163. The van der Waals surface area contributed by atoms with Gasteiger partial charge in [-0.05, 0) is 49.3 Å².